The summed E-state index contributed by atoms with van der Waals surface area (Å²) in [4.78, 5) is 16.6. The molecule has 0 unspecified atom stereocenters. The summed E-state index contributed by atoms with van der Waals surface area (Å²) in [7, 11) is 0. The Balaban J connectivity index is 1.34. The molecule has 4 saturated carbocycles. The number of carbonyl (C=O) groups excluding carboxylic acids is 1. The first-order valence-electron chi connectivity index (χ1n) is 7.91. The first-order chi connectivity index (χ1) is 9.79. The minimum Gasteiger partial charge on any atom is -0.355 e. The average molecular weight is 274 g/mol. The van der Waals surface area contributed by atoms with Gasteiger partial charge in [-0.25, -0.2) is 4.98 Å². The highest BCUT2D eigenvalue weighted by Crippen LogP contribution is 2.56. The SMILES string of the molecule is O=C(NCCc1ncn[nH]1)C1C2CC3CC(C2)CC1C3. The van der Waals surface area contributed by atoms with Crippen molar-refractivity contribution in [1.29, 1.82) is 0 Å². The van der Waals surface area contributed by atoms with Crippen molar-refractivity contribution < 1.29 is 4.79 Å². The topological polar surface area (TPSA) is 70.7 Å². The fourth-order valence-electron chi connectivity index (χ4n) is 5.13. The molecule has 1 heterocycles. The van der Waals surface area contributed by atoms with Crippen molar-refractivity contribution in [2.45, 2.75) is 38.5 Å². The lowest BCUT2D eigenvalue weighted by Gasteiger charge is -2.53. The molecule has 4 aliphatic rings. The third-order valence-corrected chi connectivity index (χ3v) is 5.66. The Morgan fingerprint density at radius 2 is 1.90 bits per heavy atom. The Morgan fingerprint density at radius 1 is 1.20 bits per heavy atom. The predicted molar refractivity (Wildman–Crippen MR) is 73.6 cm³/mol. The molecule has 0 aromatic carbocycles. The van der Waals surface area contributed by atoms with Crippen LogP contribution in [0.15, 0.2) is 6.33 Å². The van der Waals surface area contributed by atoms with E-state index < -0.39 is 0 Å². The van der Waals surface area contributed by atoms with Gasteiger partial charge in [0.05, 0.1) is 0 Å². The zero-order chi connectivity index (χ0) is 13.5. The Hall–Kier alpha value is -1.39. The van der Waals surface area contributed by atoms with Gasteiger partial charge >= 0.3 is 0 Å². The standard InChI is InChI=1S/C15H22N4O/c20-15(16-2-1-13-17-8-18-19-13)14-11-4-9-3-10(6-11)7-12(14)5-9/h8-12,14H,1-7H2,(H,16,20)(H,17,18,19). The summed E-state index contributed by atoms with van der Waals surface area (Å²) in [6.07, 6.45) is 8.88. The fourth-order valence-corrected chi connectivity index (χ4v) is 5.13. The largest absolute Gasteiger partial charge is 0.355 e. The second-order valence-corrected chi connectivity index (χ2v) is 6.93. The van der Waals surface area contributed by atoms with Crippen LogP contribution in [-0.4, -0.2) is 27.6 Å². The maximum Gasteiger partial charge on any atom is 0.223 e. The van der Waals surface area contributed by atoms with Crippen LogP contribution in [-0.2, 0) is 11.2 Å². The Kier molecular flexibility index (Phi) is 3.00. The minimum absolute atomic E-state index is 0.289. The number of nitrogens with one attached hydrogen (secondary N) is 2. The lowest BCUT2D eigenvalue weighted by Crippen LogP contribution is -2.51. The summed E-state index contributed by atoms with van der Waals surface area (Å²) in [5.74, 6) is 4.60. The number of carbonyl (C=O) groups is 1. The summed E-state index contributed by atoms with van der Waals surface area (Å²) < 4.78 is 0. The zero-order valence-electron chi connectivity index (χ0n) is 11.7. The van der Waals surface area contributed by atoms with E-state index in [0.29, 0.717) is 24.3 Å². The molecule has 5 rings (SSSR count). The molecule has 2 N–H and O–H groups in total. The molecule has 5 heteroatoms. The maximum atomic E-state index is 12.5. The van der Waals surface area contributed by atoms with E-state index in [1.807, 2.05) is 0 Å². The van der Waals surface area contributed by atoms with Gasteiger partial charge in [0.15, 0.2) is 0 Å². The third-order valence-electron chi connectivity index (χ3n) is 5.66. The van der Waals surface area contributed by atoms with Gasteiger partial charge < -0.3 is 5.32 Å². The molecule has 0 spiro atoms. The lowest BCUT2D eigenvalue weighted by atomic mass is 9.51. The van der Waals surface area contributed by atoms with Gasteiger partial charge in [-0.1, -0.05) is 0 Å². The molecule has 4 fully saturated rings. The van der Waals surface area contributed by atoms with Crippen LogP contribution in [0.1, 0.15) is 37.9 Å². The molecule has 4 aliphatic carbocycles. The predicted octanol–water partition coefficient (Wildman–Crippen LogP) is 1.54. The van der Waals surface area contributed by atoms with Gasteiger partial charge in [-0.15, -0.1) is 0 Å². The van der Waals surface area contributed by atoms with Gasteiger partial charge in [0.25, 0.3) is 0 Å². The molecule has 108 valence electrons. The number of amides is 1. The van der Waals surface area contributed by atoms with E-state index in [0.717, 1.165) is 24.1 Å². The van der Waals surface area contributed by atoms with E-state index in [4.69, 9.17) is 0 Å². The van der Waals surface area contributed by atoms with Crippen molar-refractivity contribution in [3.8, 4) is 0 Å². The van der Waals surface area contributed by atoms with Crippen LogP contribution in [0.25, 0.3) is 0 Å². The quantitative estimate of drug-likeness (QED) is 0.875. The van der Waals surface area contributed by atoms with Crippen molar-refractivity contribution in [3.05, 3.63) is 12.2 Å². The first kappa shape index (κ1) is 12.4. The highest BCUT2D eigenvalue weighted by molar-refractivity contribution is 5.79. The molecule has 0 radical (unpaired) electrons. The molecule has 4 bridgehead atoms. The van der Waals surface area contributed by atoms with Gasteiger partial charge in [0.1, 0.15) is 12.2 Å². The molecule has 20 heavy (non-hydrogen) atoms. The monoisotopic (exact) mass is 274 g/mol. The molecule has 5 nitrogen and oxygen atoms in total. The Bertz CT molecular complexity index is 456. The van der Waals surface area contributed by atoms with E-state index in [1.165, 1.54) is 38.4 Å². The van der Waals surface area contributed by atoms with E-state index in [-0.39, 0.29) is 5.92 Å². The molecule has 0 atom stereocenters. The van der Waals surface area contributed by atoms with Crippen LogP contribution in [0.2, 0.25) is 0 Å². The van der Waals surface area contributed by atoms with Crippen molar-refractivity contribution in [3.63, 3.8) is 0 Å². The normalized spacial score (nSPS) is 38.1. The molecule has 1 aromatic rings. The summed E-state index contributed by atoms with van der Waals surface area (Å²) in [5.41, 5.74) is 0. The zero-order valence-corrected chi connectivity index (χ0v) is 11.7. The number of nitrogens with zero attached hydrogens (tertiary/aromatic N) is 2. The van der Waals surface area contributed by atoms with Crippen LogP contribution >= 0.6 is 0 Å². The number of aromatic amines is 1. The molecular formula is C15H22N4O. The Morgan fingerprint density at radius 3 is 2.50 bits per heavy atom. The van der Waals surface area contributed by atoms with Crippen LogP contribution < -0.4 is 5.32 Å². The third kappa shape index (κ3) is 2.13. The number of hydrogen-bond acceptors (Lipinski definition) is 3. The van der Waals surface area contributed by atoms with Crippen LogP contribution in [0.5, 0.6) is 0 Å². The molecular weight excluding hydrogens is 252 g/mol. The minimum atomic E-state index is 0.289. The van der Waals surface area contributed by atoms with E-state index in [2.05, 4.69) is 20.5 Å². The van der Waals surface area contributed by atoms with Crippen LogP contribution in [0.4, 0.5) is 0 Å². The van der Waals surface area contributed by atoms with E-state index in [1.54, 1.807) is 0 Å². The van der Waals surface area contributed by atoms with Crippen molar-refractivity contribution in [2.75, 3.05) is 6.54 Å². The van der Waals surface area contributed by atoms with Gasteiger partial charge in [-0.05, 0) is 55.8 Å². The highest BCUT2D eigenvalue weighted by Gasteiger charge is 2.50. The number of rotatable bonds is 4. The van der Waals surface area contributed by atoms with Gasteiger partial charge in [-0.2, -0.15) is 5.10 Å². The smallest absolute Gasteiger partial charge is 0.223 e. The molecule has 0 aliphatic heterocycles. The molecule has 1 aromatic heterocycles. The summed E-state index contributed by atoms with van der Waals surface area (Å²) in [6.45, 7) is 0.664. The van der Waals surface area contributed by atoms with Crippen molar-refractivity contribution in [1.82, 2.24) is 20.5 Å². The second kappa shape index (κ2) is 4.86. The number of aromatic nitrogens is 3. The summed E-state index contributed by atoms with van der Waals surface area (Å²) in [5, 5.41) is 9.77. The van der Waals surface area contributed by atoms with E-state index >= 15 is 0 Å². The Labute approximate surface area is 118 Å². The highest BCUT2D eigenvalue weighted by atomic mass is 16.1. The summed E-state index contributed by atoms with van der Waals surface area (Å²) in [6, 6.07) is 0. The van der Waals surface area contributed by atoms with Crippen molar-refractivity contribution in [2.24, 2.45) is 29.6 Å². The van der Waals surface area contributed by atoms with Gasteiger partial charge in [0, 0.05) is 18.9 Å². The molecule has 0 saturated heterocycles. The van der Waals surface area contributed by atoms with Gasteiger partial charge in [-0.3, -0.25) is 9.89 Å². The van der Waals surface area contributed by atoms with Crippen LogP contribution in [0.3, 0.4) is 0 Å². The second-order valence-electron chi connectivity index (χ2n) is 6.93. The fraction of sp³-hybridized carbons (Fsp3) is 0.800. The van der Waals surface area contributed by atoms with Crippen molar-refractivity contribution >= 4 is 5.91 Å². The molecule has 1 amide bonds. The average Bonchev–Trinajstić information content (AvgIpc) is 2.90. The number of hydrogen-bond donors (Lipinski definition) is 2. The first-order valence-corrected chi connectivity index (χ1v) is 7.91. The van der Waals surface area contributed by atoms with Gasteiger partial charge in [0.2, 0.25) is 5.91 Å². The maximum absolute atomic E-state index is 12.5. The van der Waals surface area contributed by atoms with Crippen LogP contribution in [0, 0.1) is 29.6 Å². The lowest BCUT2D eigenvalue weighted by molar-refractivity contribution is -0.138. The number of H-pyrrole nitrogens is 1. The summed E-state index contributed by atoms with van der Waals surface area (Å²) >= 11 is 0. The van der Waals surface area contributed by atoms with E-state index in [9.17, 15) is 4.79 Å².